The fraction of sp³-hybridized carbons (Fsp3) is 0.909. The molecular weight excluding hydrogens is 206 g/mol. The molecule has 0 radical (unpaired) electrons. The Morgan fingerprint density at radius 2 is 2.33 bits per heavy atom. The van der Waals surface area contributed by atoms with Gasteiger partial charge in [-0.1, -0.05) is 0 Å². The topological polar surface area (TPSA) is 39.1 Å². The fourth-order valence-electron chi connectivity index (χ4n) is 1.93. The molecule has 86 valence electrons. The number of thioether (sulfide) groups is 1. The Morgan fingerprint density at radius 3 is 3.07 bits per heavy atom. The number of nitrogens with zero attached hydrogens (tertiary/aromatic N) is 2. The smallest absolute Gasteiger partial charge is 0.0978 e. The molecule has 1 fully saturated rings. The normalized spacial score (nSPS) is 20.5. The predicted octanol–water partition coefficient (Wildman–Crippen LogP) is 1.32. The van der Waals surface area contributed by atoms with Gasteiger partial charge in [0.2, 0.25) is 0 Å². The second-order valence-corrected chi connectivity index (χ2v) is 4.91. The molecular formula is C11H21N3S. The van der Waals surface area contributed by atoms with Crippen LogP contribution in [0.1, 0.15) is 19.3 Å². The summed E-state index contributed by atoms with van der Waals surface area (Å²) in [7, 11) is 0. The molecule has 1 N–H and O–H groups in total. The number of hydrogen-bond acceptors (Lipinski definition) is 4. The summed E-state index contributed by atoms with van der Waals surface area (Å²) in [6.45, 7) is 4.22. The molecule has 0 spiro atoms. The van der Waals surface area contributed by atoms with Crippen LogP contribution in [-0.4, -0.2) is 49.1 Å². The third-order valence-corrected chi connectivity index (χ3v) is 3.49. The summed E-state index contributed by atoms with van der Waals surface area (Å²) < 4.78 is 0. The predicted molar refractivity (Wildman–Crippen MR) is 66.1 cm³/mol. The van der Waals surface area contributed by atoms with Gasteiger partial charge in [0.1, 0.15) is 0 Å². The Morgan fingerprint density at radius 1 is 1.47 bits per heavy atom. The lowest BCUT2D eigenvalue weighted by Gasteiger charge is -2.24. The van der Waals surface area contributed by atoms with E-state index in [-0.39, 0.29) is 6.04 Å². The lowest BCUT2D eigenvalue weighted by molar-refractivity contribution is 0.239. The minimum atomic E-state index is 0.136. The highest BCUT2D eigenvalue weighted by Crippen LogP contribution is 2.10. The lowest BCUT2D eigenvalue weighted by atomic mass is 10.1. The summed E-state index contributed by atoms with van der Waals surface area (Å²) in [5.74, 6) is 1.17. The van der Waals surface area contributed by atoms with Gasteiger partial charge in [-0.25, -0.2) is 0 Å². The summed E-state index contributed by atoms with van der Waals surface area (Å²) in [5.41, 5.74) is 0. The van der Waals surface area contributed by atoms with Crippen molar-refractivity contribution < 1.29 is 0 Å². The van der Waals surface area contributed by atoms with E-state index in [1.807, 2.05) is 11.8 Å². The third-order valence-electron chi connectivity index (χ3n) is 2.79. The van der Waals surface area contributed by atoms with Crippen molar-refractivity contribution in [3.63, 3.8) is 0 Å². The van der Waals surface area contributed by atoms with Gasteiger partial charge in [-0.05, 0) is 37.8 Å². The van der Waals surface area contributed by atoms with Crippen molar-refractivity contribution in [1.29, 1.82) is 5.26 Å². The monoisotopic (exact) mass is 227 g/mol. The SMILES string of the molecule is CSCCCC(C#N)N1CCCNCC1. The van der Waals surface area contributed by atoms with Crippen molar-refractivity contribution >= 4 is 11.8 Å². The molecule has 1 atom stereocenters. The molecule has 1 aliphatic heterocycles. The molecule has 0 aromatic rings. The average Bonchev–Trinajstić information content (AvgIpc) is 2.53. The highest BCUT2D eigenvalue weighted by molar-refractivity contribution is 7.98. The maximum Gasteiger partial charge on any atom is 0.0978 e. The van der Waals surface area contributed by atoms with E-state index in [1.54, 1.807) is 0 Å². The molecule has 1 rings (SSSR count). The van der Waals surface area contributed by atoms with Gasteiger partial charge >= 0.3 is 0 Å². The molecule has 0 saturated carbocycles. The first-order valence-corrected chi connectivity index (χ1v) is 7.11. The second kappa shape index (κ2) is 7.98. The van der Waals surface area contributed by atoms with E-state index in [1.165, 1.54) is 12.2 Å². The third kappa shape index (κ3) is 4.87. The molecule has 15 heavy (non-hydrogen) atoms. The molecule has 0 aromatic heterocycles. The zero-order chi connectivity index (χ0) is 10.9. The highest BCUT2D eigenvalue weighted by Gasteiger charge is 2.18. The first kappa shape index (κ1) is 12.8. The van der Waals surface area contributed by atoms with Gasteiger partial charge in [0, 0.05) is 19.6 Å². The van der Waals surface area contributed by atoms with Gasteiger partial charge in [-0.3, -0.25) is 4.90 Å². The van der Waals surface area contributed by atoms with Crippen LogP contribution in [0.15, 0.2) is 0 Å². The molecule has 0 aliphatic carbocycles. The van der Waals surface area contributed by atoms with Gasteiger partial charge in [-0.15, -0.1) is 0 Å². The van der Waals surface area contributed by atoms with Crippen molar-refractivity contribution in [2.75, 3.05) is 38.2 Å². The van der Waals surface area contributed by atoms with Crippen LogP contribution < -0.4 is 5.32 Å². The van der Waals surface area contributed by atoms with Crippen molar-refractivity contribution in [2.24, 2.45) is 0 Å². The molecule has 1 saturated heterocycles. The van der Waals surface area contributed by atoms with Gasteiger partial charge in [0.05, 0.1) is 12.1 Å². The van der Waals surface area contributed by atoms with Crippen LogP contribution in [0.3, 0.4) is 0 Å². The molecule has 4 heteroatoms. The zero-order valence-electron chi connectivity index (χ0n) is 9.54. The minimum Gasteiger partial charge on any atom is -0.315 e. The average molecular weight is 227 g/mol. The number of nitrogens with one attached hydrogen (secondary N) is 1. The molecule has 0 bridgehead atoms. The van der Waals surface area contributed by atoms with Crippen LogP contribution in [0.2, 0.25) is 0 Å². The summed E-state index contributed by atoms with van der Waals surface area (Å²) in [4.78, 5) is 2.33. The fourth-order valence-corrected chi connectivity index (χ4v) is 2.38. The Labute approximate surface area is 97.2 Å². The van der Waals surface area contributed by atoms with Crippen LogP contribution in [0.5, 0.6) is 0 Å². The Kier molecular flexibility index (Phi) is 6.82. The van der Waals surface area contributed by atoms with E-state index in [9.17, 15) is 0 Å². The molecule has 3 nitrogen and oxygen atoms in total. The maximum atomic E-state index is 9.15. The Hall–Kier alpha value is -0.240. The van der Waals surface area contributed by atoms with Crippen LogP contribution >= 0.6 is 11.8 Å². The molecule has 0 aromatic carbocycles. The van der Waals surface area contributed by atoms with Crippen molar-refractivity contribution in [1.82, 2.24) is 10.2 Å². The van der Waals surface area contributed by atoms with E-state index in [2.05, 4.69) is 22.5 Å². The van der Waals surface area contributed by atoms with Crippen LogP contribution in [0.25, 0.3) is 0 Å². The van der Waals surface area contributed by atoms with Crippen molar-refractivity contribution in [3.8, 4) is 6.07 Å². The second-order valence-electron chi connectivity index (χ2n) is 3.92. The number of nitriles is 1. The zero-order valence-corrected chi connectivity index (χ0v) is 10.4. The number of hydrogen-bond donors (Lipinski definition) is 1. The van der Waals surface area contributed by atoms with Crippen LogP contribution in [-0.2, 0) is 0 Å². The number of rotatable bonds is 5. The van der Waals surface area contributed by atoms with Gasteiger partial charge in [0.25, 0.3) is 0 Å². The Balaban J connectivity index is 2.31. The quantitative estimate of drug-likeness (QED) is 0.719. The maximum absolute atomic E-state index is 9.15. The minimum absolute atomic E-state index is 0.136. The van der Waals surface area contributed by atoms with E-state index in [0.717, 1.165) is 39.0 Å². The van der Waals surface area contributed by atoms with E-state index in [0.29, 0.717) is 0 Å². The highest BCUT2D eigenvalue weighted by atomic mass is 32.2. The van der Waals surface area contributed by atoms with Crippen LogP contribution in [0.4, 0.5) is 0 Å². The summed E-state index contributed by atoms with van der Waals surface area (Å²) in [6, 6.07) is 2.58. The van der Waals surface area contributed by atoms with Gasteiger partial charge in [0.15, 0.2) is 0 Å². The standard InChI is InChI=1S/C11H21N3S/c1-15-9-2-4-11(10-12)14-7-3-5-13-6-8-14/h11,13H,2-9H2,1H3. The van der Waals surface area contributed by atoms with Crippen molar-refractivity contribution in [3.05, 3.63) is 0 Å². The van der Waals surface area contributed by atoms with Crippen molar-refractivity contribution in [2.45, 2.75) is 25.3 Å². The first-order chi connectivity index (χ1) is 7.38. The largest absolute Gasteiger partial charge is 0.315 e. The van der Waals surface area contributed by atoms with E-state index < -0.39 is 0 Å². The van der Waals surface area contributed by atoms with E-state index >= 15 is 0 Å². The van der Waals surface area contributed by atoms with Gasteiger partial charge < -0.3 is 5.32 Å². The van der Waals surface area contributed by atoms with E-state index in [4.69, 9.17) is 5.26 Å². The summed E-state index contributed by atoms with van der Waals surface area (Å²) >= 11 is 1.86. The molecule has 1 unspecified atom stereocenters. The van der Waals surface area contributed by atoms with Gasteiger partial charge in [-0.2, -0.15) is 17.0 Å². The summed E-state index contributed by atoms with van der Waals surface area (Å²) in [6.07, 6.45) is 5.47. The summed E-state index contributed by atoms with van der Waals surface area (Å²) in [5, 5.41) is 12.5. The molecule has 1 heterocycles. The molecule has 0 amide bonds. The lowest BCUT2D eigenvalue weighted by Crippen LogP contribution is -2.37. The van der Waals surface area contributed by atoms with Crippen LogP contribution in [0, 0.1) is 11.3 Å². The first-order valence-electron chi connectivity index (χ1n) is 5.72. The Bertz CT molecular complexity index is 194. The molecule has 1 aliphatic rings.